The van der Waals surface area contributed by atoms with E-state index in [9.17, 15) is 9.59 Å². The second-order valence-electron chi connectivity index (χ2n) is 7.31. The maximum absolute atomic E-state index is 13.1. The molecule has 4 atom stereocenters. The van der Waals surface area contributed by atoms with Crippen LogP contribution in [-0.2, 0) is 14.3 Å². The number of amides is 2. The number of hydrogen-bond donors (Lipinski definition) is 1. The molecule has 2 amide bonds. The molecule has 5 rings (SSSR count). The number of rotatable bonds is 4. The standard InChI is InChI=1S/C19H20N2O4/c1-24-13-6-4-12(5-7-13)21-10-19-9-8-14(25-19)15(16(19)18(21)23)17(22)20-11-2-3-11/h4-9,11,14-16H,2-3,10H2,1H3,(H,20,22)/t14-,15-,16-,19-/m0/s1. The van der Waals surface area contributed by atoms with Crippen molar-refractivity contribution >= 4 is 17.5 Å². The number of anilines is 1. The fourth-order valence-corrected chi connectivity index (χ4v) is 4.30. The summed E-state index contributed by atoms with van der Waals surface area (Å²) in [5, 5.41) is 3.04. The van der Waals surface area contributed by atoms with Gasteiger partial charge in [-0.3, -0.25) is 9.59 Å². The lowest BCUT2D eigenvalue weighted by Gasteiger charge is -2.23. The predicted octanol–water partition coefficient (Wildman–Crippen LogP) is 1.26. The van der Waals surface area contributed by atoms with Gasteiger partial charge in [0.1, 0.15) is 11.4 Å². The molecule has 2 bridgehead atoms. The number of carbonyl (C=O) groups excluding carboxylic acids is 2. The lowest BCUT2D eigenvalue weighted by Crippen LogP contribution is -2.44. The maximum atomic E-state index is 13.1. The van der Waals surface area contributed by atoms with Crippen molar-refractivity contribution < 1.29 is 19.1 Å². The van der Waals surface area contributed by atoms with Crippen LogP contribution in [0, 0.1) is 11.8 Å². The molecule has 1 spiro atoms. The Morgan fingerprint density at radius 2 is 2.08 bits per heavy atom. The molecule has 2 saturated heterocycles. The number of benzene rings is 1. The Labute approximate surface area is 145 Å². The topological polar surface area (TPSA) is 67.9 Å². The minimum Gasteiger partial charge on any atom is -0.497 e. The molecule has 3 aliphatic heterocycles. The molecule has 1 N–H and O–H groups in total. The molecule has 4 aliphatic rings. The molecule has 3 fully saturated rings. The van der Waals surface area contributed by atoms with E-state index in [1.54, 1.807) is 12.0 Å². The summed E-state index contributed by atoms with van der Waals surface area (Å²) < 4.78 is 11.3. The number of carbonyl (C=O) groups is 2. The molecule has 1 aromatic carbocycles. The summed E-state index contributed by atoms with van der Waals surface area (Å²) in [5.41, 5.74) is 0.129. The van der Waals surface area contributed by atoms with E-state index < -0.39 is 17.4 Å². The molecule has 1 aliphatic carbocycles. The van der Waals surface area contributed by atoms with Crippen molar-refractivity contribution in [1.82, 2.24) is 5.32 Å². The quantitative estimate of drug-likeness (QED) is 0.838. The molecule has 130 valence electrons. The van der Waals surface area contributed by atoms with Gasteiger partial charge in [0, 0.05) is 11.7 Å². The molecule has 1 aromatic rings. The third-order valence-electron chi connectivity index (χ3n) is 5.71. The van der Waals surface area contributed by atoms with Gasteiger partial charge in [0.05, 0.1) is 31.6 Å². The first kappa shape index (κ1) is 15.0. The Hall–Kier alpha value is -2.34. The van der Waals surface area contributed by atoms with Gasteiger partial charge in [-0.15, -0.1) is 0 Å². The van der Waals surface area contributed by atoms with Crippen LogP contribution in [0.3, 0.4) is 0 Å². The molecular weight excluding hydrogens is 320 g/mol. The molecule has 6 heteroatoms. The van der Waals surface area contributed by atoms with Crippen molar-refractivity contribution in [1.29, 1.82) is 0 Å². The van der Waals surface area contributed by atoms with E-state index in [1.807, 2.05) is 36.4 Å². The highest BCUT2D eigenvalue weighted by Crippen LogP contribution is 2.52. The normalized spacial score (nSPS) is 35.2. The molecule has 1 saturated carbocycles. The molecule has 0 unspecified atom stereocenters. The van der Waals surface area contributed by atoms with Crippen molar-refractivity contribution in [2.24, 2.45) is 11.8 Å². The van der Waals surface area contributed by atoms with Crippen molar-refractivity contribution in [3.8, 4) is 5.75 Å². The zero-order chi connectivity index (χ0) is 17.2. The Bertz CT molecular complexity index is 770. The number of ether oxygens (including phenoxy) is 2. The van der Waals surface area contributed by atoms with Gasteiger partial charge in [0.2, 0.25) is 11.8 Å². The Morgan fingerprint density at radius 3 is 2.76 bits per heavy atom. The van der Waals surface area contributed by atoms with Gasteiger partial charge < -0.3 is 19.7 Å². The van der Waals surface area contributed by atoms with Gasteiger partial charge in [0.15, 0.2) is 0 Å². The Kier molecular flexibility index (Phi) is 3.04. The lowest BCUT2D eigenvalue weighted by molar-refractivity contribution is -0.132. The van der Waals surface area contributed by atoms with Crippen LogP contribution in [0.15, 0.2) is 36.4 Å². The van der Waals surface area contributed by atoms with Crippen LogP contribution in [0.5, 0.6) is 5.75 Å². The summed E-state index contributed by atoms with van der Waals surface area (Å²) >= 11 is 0. The van der Waals surface area contributed by atoms with Crippen LogP contribution in [0.4, 0.5) is 5.69 Å². The van der Waals surface area contributed by atoms with Crippen molar-refractivity contribution in [3.05, 3.63) is 36.4 Å². The molecule has 6 nitrogen and oxygen atoms in total. The number of methoxy groups -OCH3 is 1. The van der Waals surface area contributed by atoms with Gasteiger partial charge in [-0.25, -0.2) is 0 Å². The fourth-order valence-electron chi connectivity index (χ4n) is 4.30. The molecule has 0 radical (unpaired) electrons. The van der Waals surface area contributed by atoms with Crippen LogP contribution >= 0.6 is 0 Å². The van der Waals surface area contributed by atoms with Gasteiger partial charge in [0.25, 0.3) is 0 Å². The molecular formula is C19H20N2O4. The summed E-state index contributed by atoms with van der Waals surface area (Å²) in [6, 6.07) is 7.67. The monoisotopic (exact) mass is 340 g/mol. The van der Waals surface area contributed by atoms with Crippen molar-refractivity contribution in [2.75, 3.05) is 18.6 Å². The van der Waals surface area contributed by atoms with Crippen LogP contribution in [0.25, 0.3) is 0 Å². The average Bonchev–Trinajstić information content (AvgIpc) is 3.15. The Balaban J connectivity index is 1.44. The summed E-state index contributed by atoms with van der Waals surface area (Å²) in [6.45, 7) is 0.447. The smallest absolute Gasteiger partial charge is 0.234 e. The van der Waals surface area contributed by atoms with Gasteiger partial charge >= 0.3 is 0 Å². The third-order valence-corrected chi connectivity index (χ3v) is 5.71. The highest BCUT2D eigenvalue weighted by Gasteiger charge is 2.67. The van der Waals surface area contributed by atoms with Gasteiger partial charge in [-0.2, -0.15) is 0 Å². The first-order valence-corrected chi connectivity index (χ1v) is 8.74. The average molecular weight is 340 g/mol. The first-order valence-electron chi connectivity index (χ1n) is 8.74. The summed E-state index contributed by atoms with van der Waals surface area (Å²) in [5.74, 6) is -0.209. The predicted molar refractivity (Wildman–Crippen MR) is 90.2 cm³/mol. The Morgan fingerprint density at radius 1 is 1.32 bits per heavy atom. The van der Waals surface area contributed by atoms with E-state index in [2.05, 4.69) is 5.32 Å². The van der Waals surface area contributed by atoms with Crippen LogP contribution in [0.1, 0.15) is 12.8 Å². The third kappa shape index (κ3) is 2.13. The SMILES string of the molecule is COc1ccc(N2C[C@]34C=C[C@H](O3)[C@H](C(=O)NC3CC3)[C@H]4C2=O)cc1. The number of nitrogens with zero attached hydrogens (tertiary/aromatic N) is 1. The highest BCUT2D eigenvalue weighted by molar-refractivity contribution is 6.03. The zero-order valence-electron chi connectivity index (χ0n) is 14.0. The highest BCUT2D eigenvalue weighted by atomic mass is 16.5. The summed E-state index contributed by atoms with van der Waals surface area (Å²) in [6.07, 6.45) is 5.69. The maximum Gasteiger partial charge on any atom is 0.234 e. The van der Waals surface area contributed by atoms with Gasteiger partial charge in [-0.05, 0) is 37.1 Å². The van der Waals surface area contributed by atoms with E-state index in [0.29, 0.717) is 6.54 Å². The largest absolute Gasteiger partial charge is 0.497 e. The van der Waals surface area contributed by atoms with E-state index in [4.69, 9.17) is 9.47 Å². The number of nitrogens with one attached hydrogen (secondary N) is 1. The van der Waals surface area contributed by atoms with E-state index in [0.717, 1.165) is 24.3 Å². The second-order valence-corrected chi connectivity index (χ2v) is 7.31. The van der Waals surface area contributed by atoms with Gasteiger partial charge in [-0.1, -0.05) is 12.2 Å². The van der Waals surface area contributed by atoms with Crippen molar-refractivity contribution in [2.45, 2.75) is 30.6 Å². The minimum absolute atomic E-state index is 0.0343. The van der Waals surface area contributed by atoms with Crippen molar-refractivity contribution in [3.63, 3.8) is 0 Å². The molecule has 25 heavy (non-hydrogen) atoms. The van der Waals surface area contributed by atoms with E-state index in [-0.39, 0.29) is 24.0 Å². The van der Waals surface area contributed by atoms with Crippen LogP contribution in [0.2, 0.25) is 0 Å². The second kappa shape index (κ2) is 5.08. The zero-order valence-corrected chi connectivity index (χ0v) is 14.0. The fraction of sp³-hybridized carbons (Fsp3) is 0.474. The molecule has 3 heterocycles. The van der Waals surface area contributed by atoms with E-state index in [1.165, 1.54) is 0 Å². The van der Waals surface area contributed by atoms with Crippen LogP contribution < -0.4 is 15.0 Å². The minimum atomic E-state index is -0.673. The molecule has 0 aromatic heterocycles. The summed E-state index contributed by atoms with van der Waals surface area (Å²) in [7, 11) is 1.61. The number of hydrogen-bond acceptors (Lipinski definition) is 4. The summed E-state index contributed by atoms with van der Waals surface area (Å²) in [4.78, 5) is 27.6. The first-order chi connectivity index (χ1) is 12.1. The van der Waals surface area contributed by atoms with E-state index >= 15 is 0 Å². The number of fused-ring (bicyclic) bond motifs is 1. The van der Waals surface area contributed by atoms with Crippen LogP contribution in [-0.4, -0.2) is 43.2 Å². The lowest BCUT2D eigenvalue weighted by atomic mass is 9.77.